The normalized spacial score (nSPS) is 13.4. The Morgan fingerprint density at radius 3 is 2.16 bits per heavy atom. The van der Waals surface area contributed by atoms with Crippen LogP contribution in [0.4, 0.5) is 0 Å². The first-order valence-corrected chi connectivity index (χ1v) is 18.0. The van der Waals surface area contributed by atoms with Gasteiger partial charge in [0.1, 0.15) is 30.0 Å². The molecule has 3 rings (SSSR count). The van der Waals surface area contributed by atoms with Crippen molar-refractivity contribution in [1.29, 1.82) is 0 Å². The molecule has 10 heteroatoms. The van der Waals surface area contributed by atoms with Crippen molar-refractivity contribution in [2.45, 2.75) is 90.7 Å². The van der Waals surface area contributed by atoms with Gasteiger partial charge in [0.25, 0.3) is 0 Å². The molecule has 0 fully saturated rings. The first-order chi connectivity index (χ1) is 21.0. The van der Waals surface area contributed by atoms with Crippen molar-refractivity contribution in [2.75, 3.05) is 26.4 Å². The topological polar surface area (TPSA) is 90.2 Å². The minimum Gasteiger partial charge on any atom is -0.746 e. The second-order valence-corrected chi connectivity index (χ2v) is 12.7. The molecule has 0 aliphatic carbocycles. The summed E-state index contributed by atoms with van der Waals surface area (Å²) in [6.07, 6.45) is 14.3. The fraction of sp³-hybridized carbons (Fsp3) is 0.545. The van der Waals surface area contributed by atoms with Crippen molar-refractivity contribution in [2.24, 2.45) is 0 Å². The molecule has 2 atom stereocenters. The largest absolute Gasteiger partial charge is 0.746 e. The fourth-order valence-corrected chi connectivity index (χ4v) is 5.95. The number of hydrogen-bond acceptors (Lipinski definition) is 8. The van der Waals surface area contributed by atoms with Gasteiger partial charge in [0.15, 0.2) is 12.7 Å². The first-order valence-electron chi connectivity index (χ1n) is 15.6. The molecule has 0 radical (unpaired) electrons. The van der Waals surface area contributed by atoms with Crippen molar-refractivity contribution in [3.8, 4) is 17.2 Å². The molecule has 1 aromatic heterocycles. The van der Waals surface area contributed by atoms with Gasteiger partial charge < -0.3 is 28.2 Å². The van der Waals surface area contributed by atoms with E-state index in [-0.39, 0.29) is 19.0 Å². The molecular formula is C33H48NO7PS. The maximum Gasteiger partial charge on any atom is 0.319 e. The molecule has 0 aliphatic rings. The standard InChI is InChI=1S/C33H48NO7PS/c1-3-5-6-7-8-9-10-11-12-13-22-38-30-17-19-31(20-18-30)39-26-33(37-4-2)27-40-42(35,36)41-32-16-14-15-29(24-32)25-34-21-23-43-28-34/h14-21,23-24,28,33H,3-13,22,25-27H2,1-2H3. The fourth-order valence-electron chi connectivity index (χ4n) is 4.57. The summed E-state index contributed by atoms with van der Waals surface area (Å²) in [5.74, 6) is 1.64. The maximum atomic E-state index is 12.5. The molecule has 0 amide bonds. The summed E-state index contributed by atoms with van der Waals surface area (Å²) in [5.41, 5.74) is 2.89. The van der Waals surface area contributed by atoms with E-state index in [2.05, 4.69) is 6.92 Å². The Kier molecular flexibility index (Phi) is 16.7. The van der Waals surface area contributed by atoms with Gasteiger partial charge in [0, 0.05) is 12.2 Å². The summed E-state index contributed by atoms with van der Waals surface area (Å²) >= 11 is 1.59. The lowest BCUT2D eigenvalue weighted by Crippen LogP contribution is -2.30. The summed E-state index contributed by atoms with van der Waals surface area (Å²) in [4.78, 5) is 12.5. The van der Waals surface area contributed by atoms with Gasteiger partial charge in [-0.25, -0.2) is 0 Å². The number of benzene rings is 2. The van der Waals surface area contributed by atoms with Crippen molar-refractivity contribution >= 4 is 19.2 Å². The van der Waals surface area contributed by atoms with E-state index >= 15 is 0 Å². The highest BCUT2D eigenvalue weighted by atomic mass is 32.1. The van der Waals surface area contributed by atoms with Crippen LogP contribution in [0.5, 0.6) is 17.2 Å². The molecule has 2 aromatic carbocycles. The van der Waals surface area contributed by atoms with Crippen LogP contribution in [-0.2, 0) is 20.4 Å². The van der Waals surface area contributed by atoms with E-state index < -0.39 is 13.9 Å². The lowest BCUT2D eigenvalue weighted by Gasteiger charge is -2.26. The summed E-state index contributed by atoms with van der Waals surface area (Å²) < 4.78 is 42.3. The summed E-state index contributed by atoms with van der Waals surface area (Å²) in [7, 11) is -4.62. The molecule has 0 N–H and O–H groups in total. The molecule has 0 saturated heterocycles. The third-order valence-corrected chi connectivity index (χ3v) is 8.43. The molecule has 0 bridgehead atoms. The summed E-state index contributed by atoms with van der Waals surface area (Å²) in [5, 5.41) is 1.97. The van der Waals surface area contributed by atoms with Crippen LogP contribution in [0.2, 0.25) is 0 Å². The molecule has 8 nitrogen and oxygen atoms in total. The number of hydrogen-bond donors (Lipinski definition) is 0. The van der Waals surface area contributed by atoms with E-state index in [1.807, 2.05) is 58.9 Å². The molecule has 0 spiro atoms. The van der Waals surface area contributed by atoms with Crippen molar-refractivity contribution in [3.63, 3.8) is 0 Å². The minimum absolute atomic E-state index is 0.125. The Hall–Kier alpha value is -2.42. The Morgan fingerprint density at radius 2 is 1.51 bits per heavy atom. The maximum absolute atomic E-state index is 12.5. The van der Waals surface area contributed by atoms with Gasteiger partial charge in [-0.05, 0) is 49.7 Å². The molecular weight excluding hydrogens is 585 g/mol. The number of thiazole rings is 1. The predicted octanol–water partition coefficient (Wildman–Crippen LogP) is 7.73. The third kappa shape index (κ3) is 15.2. The van der Waals surface area contributed by atoms with Crippen LogP contribution in [0.25, 0.3) is 0 Å². The molecule has 3 aromatic rings. The van der Waals surface area contributed by atoms with E-state index in [4.69, 9.17) is 23.3 Å². The monoisotopic (exact) mass is 633 g/mol. The number of rotatable bonds is 24. The van der Waals surface area contributed by atoms with Gasteiger partial charge in [-0.1, -0.05) is 88.2 Å². The van der Waals surface area contributed by atoms with Crippen LogP contribution in [0.15, 0.2) is 65.6 Å². The highest BCUT2D eigenvalue weighted by Gasteiger charge is 2.18. The summed E-state index contributed by atoms with van der Waals surface area (Å²) in [6.45, 7) is 5.69. The number of unbranched alkanes of at least 4 members (excludes halogenated alkanes) is 9. The first kappa shape index (κ1) is 35.1. The van der Waals surface area contributed by atoms with Crippen LogP contribution in [-0.4, -0.2) is 32.5 Å². The molecule has 0 aliphatic heterocycles. The molecule has 0 saturated carbocycles. The average molecular weight is 634 g/mol. The Morgan fingerprint density at radius 1 is 0.837 bits per heavy atom. The molecule has 2 unspecified atom stereocenters. The van der Waals surface area contributed by atoms with Crippen molar-refractivity contribution < 1.29 is 37.3 Å². The SMILES string of the molecule is CCCCCCCCCCCCOc1ccc(OCC(COP(=O)([O-])Oc2cccc(C[n+]3ccsc3)c2)OCC)cc1. The number of nitrogens with zero attached hydrogens (tertiary/aromatic N) is 1. The van der Waals surface area contributed by atoms with Crippen molar-refractivity contribution in [1.82, 2.24) is 0 Å². The Bertz CT molecular complexity index is 1180. The zero-order valence-electron chi connectivity index (χ0n) is 25.7. The van der Waals surface area contributed by atoms with Gasteiger partial charge in [0.05, 0.1) is 18.6 Å². The van der Waals surface area contributed by atoms with Gasteiger partial charge >= 0.3 is 7.82 Å². The number of aromatic nitrogens is 1. The van der Waals surface area contributed by atoms with Crippen LogP contribution < -0.4 is 23.5 Å². The second-order valence-electron chi connectivity index (χ2n) is 10.6. The minimum atomic E-state index is -4.62. The van der Waals surface area contributed by atoms with Crippen LogP contribution in [0, 0.1) is 0 Å². The Labute approximate surface area is 261 Å². The van der Waals surface area contributed by atoms with E-state index in [1.165, 1.54) is 57.8 Å². The van der Waals surface area contributed by atoms with Gasteiger partial charge in [-0.2, -0.15) is 4.57 Å². The van der Waals surface area contributed by atoms with E-state index in [0.29, 0.717) is 25.5 Å². The van der Waals surface area contributed by atoms with Gasteiger partial charge in [-0.15, -0.1) is 0 Å². The van der Waals surface area contributed by atoms with E-state index in [0.717, 1.165) is 17.7 Å². The lowest BCUT2D eigenvalue weighted by molar-refractivity contribution is -0.683. The van der Waals surface area contributed by atoms with Crippen LogP contribution in [0.3, 0.4) is 0 Å². The van der Waals surface area contributed by atoms with Crippen molar-refractivity contribution in [3.05, 3.63) is 71.2 Å². The molecule has 238 valence electrons. The van der Waals surface area contributed by atoms with Crippen LogP contribution >= 0.6 is 19.2 Å². The quantitative estimate of drug-likeness (QED) is 0.0567. The Balaban J connectivity index is 1.33. The smallest absolute Gasteiger partial charge is 0.319 e. The number of phosphoric ester groups is 1. The zero-order chi connectivity index (χ0) is 30.6. The van der Waals surface area contributed by atoms with Gasteiger partial charge in [-0.3, -0.25) is 4.57 Å². The van der Waals surface area contributed by atoms with E-state index in [9.17, 15) is 9.46 Å². The third-order valence-electron chi connectivity index (χ3n) is 6.86. The highest BCUT2D eigenvalue weighted by molar-refractivity contribution is 7.46. The van der Waals surface area contributed by atoms with Gasteiger partial charge in [0.2, 0.25) is 5.51 Å². The van der Waals surface area contributed by atoms with E-state index in [1.54, 1.807) is 29.5 Å². The lowest BCUT2D eigenvalue weighted by atomic mass is 10.1. The predicted molar refractivity (Wildman–Crippen MR) is 169 cm³/mol. The molecule has 43 heavy (non-hydrogen) atoms. The molecule has 1 heterocycles. The highest BCUT2D eigenvalue weighted by Crippen LogP contribution is 2.40. The number of ether oxygens (including phenoxy) is 3. The number of phosphoric acid groups is 1. The van der Waals surface area contributed by atoms with Crippen LogP contribution in [0.1, 0.15) is 83.6 Å². The second kappa shape index (κ2) is 20.5. The summed E-state index contributed by atoms with van der Waals surface area (Å²) in [6, 6.07) is 14.4. The zero-order valence-corrected chi connectivity index (χ0v) is 27.4. The average Bonchev–Trinajstić information content (AvgIpc) is 3.51.